The summed E-state index contributed by atoms with van der Waals surface area (Å²) in [6.45, 7) is 4.00. The Morgan fingerprint density at radius 2 is 2.27 bits per heavy atom. The molecule has 26 heavy (non-hydrogen) atoms. The highest BCUT2D eigenvalue weighted by molar-refractivity contribution is 7.07. The van der Waals surface area contributed by atoms with Crippen LogP contribution in [0.2, 0.25) is 0 Å². The molecule has 0 bridgehead atoms. The summed E-state index contributed by atoms with van der Waals surface area (Å²) in [7, 11) is 3.61. The van der Waals surface area contributed by atoms with Gasteiger partial charge in [0.15, 0.2) is 0 Å². The van der Waals surface area contributed by atoms with Gasteiger partial charge in [-0.3, -0.25) is 4.79 Å². The summed E-state index contributed by atoms with van der Waals surface area (Å²) in [5, 5.41) is 1.82. The largest absolute Gasteiger partial charge is 0.496 e. The molecule has 0 spiro atoms. The minimum absolute atomic E-state index is 0.0254. The number of ether oxygens (including phenoxy) is 1. The molecule has 0 unspecified atom stereocenters. The molecule has 3 rings (SSSR count). The Morgan fingerprint density at radius 3 is 3.04 bits per heavy atom. The average molecular weight is 374 g/mol. The van der Waals surface area contributed by atoms with Crippen molar-refractivity contribution in [3.05, 3.63) is 46.4 Å². The van der Waals surface area contributed by atoms with E-state index in [0.717, 1.165) is 38.3 Å². The predicted molar refractivity (Wildman–Crippen MR) is 105 cm³/mol. The summed E-state index contributed by atoms with van der Waals surface area (Å²) in [5.41, 5.74) is 3.52. The quantitative estimate of drug-likeness (QED) is 0.748. The fourth-order valence-corrected chi connectivity index (χ4v) is 4.20. The Bertz CT molecular complexity index is 705. The van der Waals surface area contributed by atoms with Crippen LogP contribution in [0.25, 0.3) is 0 Å². The first-order valence-corrected chi connectivity index (χ1v) is 10.1. The molecule has 0 aliphatic carbocycles. The Labute approximate surface area is 159 Å². The maximum Gasteiger partial charge on any atom is 0.273 e. The molecule has 1 aliphatic heterocycles. The fraction of sp³-hybridized carbons (Fsp3) is 0.500. The zero-order chi connectivity index (χ0) is 18.4. The molecule has 1 saturated heterocycles. The Kier molecular flexibility index (Phi) is 6.63. The molecule has 1 fully saturated rings. The normalized spacial score (nSPS) is 17.8. The molecule has 1 aromatic carbocycles. The van der Waals surface area contributed by atoms with Gasteiger partial charge in [-0.25, -0.2) is 4.98 Å². The van der Waals surface area contributed by atoms with Gasteiger partial charge in [-0.1, -0.05) is 18.2 Å². The molecule has 2 aromatic rings. The molecule has 1 atom stereocenters. The topological polar surface area (TPSA) is 45.7 Å². The highest BCUT2D eigenvalue weighted by Crippen LogP contribution is 2.21. The van der Waals surface area contributed by atoms with Crippen LogP contribution in [0.4, 0.5) is 0 Å². The highest BCUT2D eigenvalue weighted by Gasteiger charge is 2.23. The van der Waals surface area contributed by atoms with Crippen molar-refractivity contribution >= 4 is 17.2 Å². The van der Waals surface area contributed by atoms with Gasteiger partial charge in [0.25, 0.3) is 5.91 Å². The second kappa shape index (κ2) is 9.14. The summed E-state index contributed by atoms with van der Waals surface area (Å²) in [4.78, 5) is 20.9. The van der Waals surface area contributed by atoms with Crippen molar-refractivity contribution < 1.29 is 9.53 Å². The number of carbonyl (C=O) groups excluding carboxylic acids is 1. The van der Waals surface area contributed by atoms with Crippen molar-refractivity contribution in [3.63, 3.8) is 0 Å². The lowest BCUT2D eigenvalue weighted by Crippen LogP contribution is -2.42. The lowest BCUT2D eigenvalue weighted by Gasteiger charge is -2.34. The second-order valence-corrected chi connectivity index (χ2v) is 7.65. The van der Waals surface area contributed by atoms with Gasteiger partial charge in [0.2, 0.25) is 0 Å². The second-order valence-electron chi connectivity index (χ2n) is 6.93. The molecule has 1 aliphatic rings. The summed E-state index contributed by atoms with van der Waals surface area (Å²) < 4.78 is 5.45. The van der Waals surface area contributed by atoms with Crippen LogP contribution in [0.3, 0.4) is 0 Å². The number of para-hydroxylation sites is 1. The van der Waals surface area contributed by atoms with Gasteiger partial charge in [-0.05, 0) is 43.4 Å². The molecule has 1 amide bonds. The van der Waals surface area contributed by atoms with Gasteiger partial charge < -0.3 is 14.5 Å². The molecule has 2 heterocycles. The zero-order valence-corrected chi connectivity index (χ0v) is 16.4. The SMILES string of the molecule is COc1ccccc1CCN1CCC[C@@H](CN(C)C(=O)c2cscn2)C1. The number of methoxy groups -OCH3 is 1. The first-order valence-electron chi connectivity index (χ1n) is 9.15. The van der Waals surface area contributed by atoms with Crippen LogP contribution in [-0.4, -0.2) is 61.0 Å². The number of benzene rings is 1. The number of nitrogens with zero attached hydrogens (tertiary/aromatic N) is 3. The van der Waals surface area contributed by atoms with Crippen LogP contribution in [0.1, 0.15) is 28.9 Å². The first kappa shape index (κ1) is 18.9. The van der Waals surface area contributed by atoms with Crippen LogP contribution in [-0.2, 0) is 6.42 Å². The predicted octanol–water partition coefficient (Wildman–Crippen LogP) is 3.18. The van der Waals surface area contributed by atoms with E-state index in [2.05, 4.69) is 22.0 Å². The van der Waals surface area contributed by atoms with E-state index < -0.39 is 0 Å². The van der Waals surface area contributed by atoms with Crippen LogP contribution in [0.15, 0.2) is 35.2 Å². The summed E-state index contributed by atoms with van der Waals surface area (Å²) in [6.07, 6.45) is 3.36. The molecule has 5 nitrogen and oxygen atoms in total. The molecular formula is C20H27N3O2S. The number of hydrogen-bond donors (Lipinski definition) is 0. The number of likely N-dealkylation sites (tertiary alicyclic amines) is 1. The number of hydrogen-bond acceptors (Lipinski definition) is 5. The van der Waals surface area contributed by atoms with E-state index in [-0.39, 0.29) is 5.91 Å². The highest BCUT2D eigenvalue weighted by atomic mass is 32.1. The van der Waals surface area contributed by atoms with Gasteiger partial charge in [-0.15, -0.1) is 11.3 Å². The van der Waals surface area contributed by atoms with Crippen molar-refractivity contribution in [1.29, 1.82) is 0 Å². The smallest absolute Gasteiger partial charge is 0.273 e. The van der Waals surface area contributed by atoms with Crippen molar-refractivity contribution in [2.24, 2.45) is 5.92 Å². The standard InChI is InChI=1S/C20H27N3O2S/c1-22(20(24)18-14-26-15-21-18)12-16-6-5-10-23(13-16)11-9-17-7-3-4-8-19(17)25-2/h3-4,7-8,14-16H,5-6,9-13H2,1-2H3/t16-/m0/s1. The average Bonchev–Trinajstić information content (AvgIpc) is 3.21. The van der Waals surface area contributed by atoms with Crippen LogP contribution < -0.4 is 4.74 Å². The lowest BCUT2D eigenvalue weighted by atomic mass is 9.97. The van der Waals surface area contributed by atoms with Crippen molar-refractivity contribution in [2.75, 3.05) is 40.3 Å². The van der Waals surface area contributed by atoms with Gasteiger partial charge in [0.1, 0.15) is 11.4 Å². The molecule has 0 N–H and O–H groups in total. The third-order valence-corrected chi connectivity index (χ3v) is 5.61. The summed E-state index contributed by atoms with van der Waals surface area (Å²) >= 11 is 1.46. The van der Waals surface area contributed by atoms with Crippen molar-refractivity contribution in [1.82, 2.24) is 14.8 Å². The van der Waals surface area contributed by atoms with E-state index in [1.807, 2.05) is 29.5 Å². The van der Waals surface area contributed by atoms with Gasteiger partial charge in [0.05, 0.1) is 12.6 Å². The number of amides is 1. The Morgan fingerprint density at radius 1 is 1.42 bits per heavy atom. The first-order chi connectivity index (χ1) is 12.7. The summed E-state index contributed by atoms with van der Waals surface area (Å²) in [5.74, 6) is 1.51. The van der Waals surface area contributed by atoms with Crippen LogP contribution in [0.5, 0.6) is 5.75 Å². The molecule has 0 saturated carbocycles. The Hall–Kier alpha value is -1.92. The molecular weight excluding hydrogens is 346 g/mol. The molecule has 0 radical (unpaired) electrons. The maximum atomic E-state index is 12.4. The third-order valence-electron chi connectivity index (χ3n) is 5.02. The number of piperidine rings is 1. The monoisotopic (exact) mass is 373 g/mol. The molecule has 140 valence electrons. The number of aromatic nitrogens is 1. The van der Waals surface area contributed by atoms with Crippen molar-refractivity contribution in [2.45, 2.75) is 19.3 Å². The van der Waals surface area contributed by atoms with E-state index in [1.165, 1.54) is 29.7 Å². The van der Waals surface area contributed by atoms with Crippen LogP contribution in [0, 0.1) is 5.92 Å². The number of thiazole rings is 1. The van der Waals surface area contributed by atoms with Crippen molar-refractivity contribution in [3.8, 4) is 5.75 Å². The Balaban J connectivity index is 1.50. The molecule has 6 heteroatoms. The molecule has 1 aromatic heterocycles. The van der Waals surface area contributed by atoms with E-state index in [0.29, 0.717) is 11.6 Å². The lowest BCUT2D eigenvalue weighted by molar-refractivity contribution is 0.0725. The van der Waals surface area contributed by atoms with E-state index >= 15 is 0 Å². The number of carbonyl (C=O) groups is 1. The van der Waals surface area contributed by atoms with E-state index in [9.17, 15) is 4.79 Å². The van der Waals surface area contributed by atoms with Gasteiger partial charge in [-0.2, -0.15) is 0 Å². The zero-order valence-electron chi connectivity index (χ0n) is 15.6. The van der Waals surface area contributed by atoms with E-state index in [1.54, 1.807) is 12.6 Å². The minimum Gasteiger partial charge on any atom is -0.496 e. The van der Waals surface area contributed by atoms with Gasteiger partial charge >= 0.3 is 0 Å². The fourth-order valence-electron chi connectivity index (χ4n) is 3.68. The van der Waals surface area contributed by atoms with E-state index in [4.69, 9.17) is 4.74 Å². The number of rotatable bonds is 7. The van der Waals surface area contributed by atoms with Crippen LogP contribution >= 0.6 is 11.3 Å². The summed E-state index contributed by atoms with van der Waals surface area (Å²) in [6, 6.07) is 8.23. The van der Waals surface area contributed by atoms with Gasteiger partial charge in [0, 0.05) is 32.1 Å². The third kappa shape index (κ3) is 4.83. The minimum atomic E-state index is 0.0254. The maximum absolute atomic E-state index is 12.4.